The van der Waals surface area contributed by atoms with Crippen LogP contribution in [0.1, 0.15) is 41.0 Å². The summed E-state index contributed by atoms with van der Waals surface area (Å²) in [5.41, 5.74) is 0. The van der Waals surface area contributed by atoms with Crippen LogP contribution in [0.25, 0.3) is 0 Å². The lowest BCUT2D eigenvalue weighted by atomic mass is 10.3. The van der Waals surface area contributed by atoms with E-state index in [0.29, 0.717) is 13.1 Å². The Kier molecular flexibility index (Phi) is 6.29. The number of rotatable bonds is 7. The standard InChI is InChI=1S/C12H25NO4S/c1-10(2)13(7-6-11(14)15)8-9-18(16,17)12(3,4)5/h10H,6-9H2,1-5H3,(H,14,15). The van der Waals surface area contributed by atoms with Gasteiger partial charge in [-0.15, -0.1) is 0 Å². The Morgan fingerprint density at radius 2 is 1.72 bits per heavy atom. The Bertz CT molecular complexity index is 368. The number of carbonyl (C=O) groups is 1. The quantitative estimate of drug-likeness (QED) is 0.762. The zero-order valence-corrected chi connectivity index (χ0v) is 12.7. The fourth-order valence-corrected chi connectivity index (χ4v) is 2.50. The smallest absolute Gasteiger partial charge is 0.304 e. The molecule has 0 rings (SSSR count). The summed E-state index contributed by atoms with van der Waals surface area (Å²) in [5.74, 6) is -0.798. The van der Waals surface area contributed by atoms with Crippen molar-refractivity contribution in [2.24, 2.45) is 0 Å². The summed E-state index contributed by atoms with van der Waals surface area (Å²) in [5, 5.41) is 8.66. The van der Waals surface area contributed by atoms with Gasteiger partial charge in [-0.2, -0.15) is 0 Å². The number of sulfone groups is 1. The number of aliphatic carboxylic acids is 1. The molecule has 0 amide bonds. The second kappa shape index (κ2) is 6.52. The maximum Gasteiger partial charge on any atom is 0.304 e. The first-order valence-corrected chi connectivity index (χ1v) is 7.81. The van der Waals surface area contributed by atoms with Gasteiger partial charge in [0.1, 0.15) is 0 Å². The second-order valence-corrected chi connectivity index (χ2v) is 8.57. The molecule has 6 heteroatoms. The minimum absolute atomic E-state index is 0.0355. The Balaban J connectivity index is 4.50. The minimum atomic E-state index is -3.15. The van der Waals surface area contributed by atoms with Crippen molar-refractivity contribution in [1.29, 1.82) is 0 Å². The summed E-state index contributed by atoms with van der Waals surface area (Å²) < 4.78 is 23.2. The fraction of sp³-hybridized carbons (Fsp3) is 0.917. The van der Waals surface area contributed by atoms with Crippen LogP contribution < -0.4 is 0 Å². The average Bonchev–Trinajstić information content (AvgIpc) is 2.14. The fourth-order valence-electron chi connectivity index (χ4n) is 1.41. The second-order valence-electron chi connectivity index (χ2n) is 5.70. The molecule has 0 aliphatic rings. The summed E-state index contributed by atoms with van der Waals surface area (Å²) in [4.78, 5) is 12.4. The predicted octanol–water partition coefficient (Wildman–Crippen LogP) is 1.38. The molecule has 0 aliphatic carbocycles. The van der Waals surface area contributed by atoms with E-state index in [4.69, 9.17) is 5.11 Å². The first kappa shape index (κ1) is 17.4. The maximum absolute atomic E-state index is 12.0. The maximum atomic E-state index is 12.0. The Morgan fingerprint density at radius 3 is 2.06 bits per heavy atom. The Hall–Kier alpha value is -0.620. The summed E-state index contributed by atoms with van der Waals surface area (Å²) in [6.45, 7) is 9.67. The van der Waals surface area contributed by atoms with Gasteiger partial charge in [0, 0.05) is 19.1 Å². The third-order valence-corrected chi connectivity index (χ3v) is 5.51. The summed E-state index contributed by atoms with van der Waals surface area (Å²) in [6.07, 6.45) is 0.0355. The van der Waals surface area contributed by atoms with Gasteiger partial charge in [-0.25, -0.2) is 8.42 Å². The van der Waals surface area contributed by atoms with Gasteiger partial charge in [0.15, 0.2) is 9.84 Å². The van der Waals surface area contributed by atoms with Gasteiger partial charge in [0.2, 0.25) is 0 Å². The van der Waals surface area contributed by atoms with Crippen molar-refractivity contribution in [1.82, 2.24) is 4.90 Å². The topological polar surface area (TPSA) is 74.7 Å². The van der Waals surface area contributed by atoms with E-state index in [9.17, 15) is 13.2 Å². The zero-order chi connectivity index (χ0) is 14.6. The molecule has 5 nitrogen and oxygen atoms in total. The van der Waals surface area contributed by atoms with Crippen LogP contribution in [0.15, 0.2) is 0 Å². The monoisotopic (exact) mass is 279 g/mol. The average molecular weight is 279 g/mol. The zero-order valence-electron chi connectivity index (χ0n) is 11.9. The largest absolute Gasteiger partial charge is 0.481 e. The molecule has 0 fully saturated rings. The van der Waals surface area contributed by atoms with Crippen molar-refractivity contribution in [3.63, 3.8) is 0 Å². The Morgan fingerprint density at radius 1 is 1.22 bits per heavy atom. The first-order chi connectivity index (χ1) is 7.97. The van der Waals surface area contributed by atoms with Gasteiger partial charge in [-0.05, 0) is 34.6 Å². The number of nitrogens with zero attached hydrogens (tertiary/aromatic N) is 1. The molecular formula is C12H25NO4S. The van der Waals surface area contributed by atoms with Crippen LogP contribution in [-0.4, -0.2) is 54.0 Å². The van der Waals surface area contributed by atoms with Crippen LogP contribution in [-0.2, 0) is 14.6 Å². The van der Waals surface area contributed by atoms with E-state index in [2.05, 4.69) is 0 Å². The van der Waals surface area contributed by atoms with E-state index in [1.807, 2.05) is 18.7 Å². The molecule has 0 aromatic carbocycles. The number of hydrogen-bond donors (Lipinski definition) is 1. The summed E-state index contributed by atoms with van der Waals surface area (Å²) in [7, 11) is -3.15. The molecule has 0 saturated carbocycles. The van der Waals surface area contributed by atoms with Crippen molar-refractivity contribution in [2.45, 2.75) is 51.8 Å². The molecule has 0 aliphatic heterocycles. The van der Waals surface area contributed by atoms with Crippen LogP contribution in [0.2, 0.25) is 0 Å². The summed E-state index contributed by atoms with van der Waals surface area (Å²) in [6, 6.07) is 0.138. The molecule has 0 heterocycles. The van der Waals surface area contributed by atoms with Gasteiger partial charge in [0.25, 0.3) is 0 Å². The highest BCUT2D eigenvalue weighted by molar-refractivity contribution is 7.92. The van der Waals surface area contributed by atoms with E-state index in [1.54, 1.807) is 20.8 Å². The third kappa shape index (κ3) is 5.82. The van der Waals surface area contributed by atoms with E-state index >= 15 is 0 Å². The minimum Gasteiger partial charge on any atom is -0.481 e. The molecule has 0 unspecified atom stereocenters. The van der Waals surface area contributed by atoms with Crippen LogP contribution >= 0.6 is 0 Å². The van der Waals surface area contributed by atoms with Crippen molar-refractivity contribution in [3.05, 3.63) is 0 Å². The summed E-state index contributed by atoms with van der Waals surface area (Å²) >= 11 is 0. The molecule has 0 bridgehead atoms. The lowest BCUT2D eigenvalue weighted by Crippen LogP contribution is -2.40. The van der Waals surface area contributed by atoms with Gasteiger partial charge < -0.3 is 5.11 Å². The molecule has 0 radical (unpaired) electrons. The molecular weight excluding hydrogens is 254 g/mol. The molecule has 0 aromatic rings. The van der Waals surface area contributed by atoms with Crippen LogP contribution in [0.5, 0.6) is 0 Å². The van der Waals surface area contributed by atoms with Crippen LogP contribution in [0.3, 0.4) is 0 Å². The molecule has 108 valence electrons. The van der Waals surface area contributed by atoms with Crippen molar-refractivity contribution >= 4 is 15.8 Å². The number of carboxylic acid groups (broad SMARTS) is 1. The molecule has 18 heavy (non-hydrogen) atoms. The van der Waals surface area contributed by atoms with Gasteiger partial charge in [-0.3, -0.25) is 9.69 Å². The highest BCUT2D eigenvalue weighted by Crippen LogP contribution is 2.16. The normalized spacial score (nSPS) is 13.3. The predicted molar refractivity (Wildman–Crippen MR) is 72.5 cm³/mol. The SMILES string of the molecule is CC(C)N(CCC(=O)O)CCS(=O)(=O)C(C)(C)C. The molecule has 0 spiro atoms. The lowest BCUT2D eigenvalue weighted by molar-refractivity contribution is -0.137. The third-order valence-electron chi connectivity index (χ3n) is 2.92. The van der Waals surface area contributed by atoms with E-state index in [-0.39, 0.29) is 18.2 Å². The Labute approximate surface area is 110 Å². The molecule has 1 N–H and O–H groups in total. The first-order valence-electron chi connectivity index (χ1n) is 6.15. The van der Waals surface area contributed by atoms with Crippen LogP contribution in [0.4, 0.5) is 0 Å². The van der Waals surface area contributed by atoms with Crippen molar-refractivity contribution in [3.8, 4) is 0 Å². The lowest BCUT2D eigenvalue weighted by Gasteiger charge is -2.27. The molecule has 0 atom stereocenters. The van der Waals surface area contributed by atoms with Crippen LogP contribution in [0, 0.1) is 0 Å². The van der Waals surface area contributed by atoms with Gasteiger partial charge in [0.05, 0.1) is 16.9 Å². The molecule has 0 saturated heterocycles. The number of hydrogen-bond acceptors (Lipinski definition) is 4. The van der Waals surface area contributed by atoms with Gasteiger partial charge >= 0.3 is 5.97 Å². The van der Waals surface area contributed by atoms with E-state index in [0.717, 1.165) is 0 Å². The highest BCUT2D eigenvalue weighted by atomic mass is 32.2. The van der Waals surface area contributed by atoms with E-state index in [1.165, 1.54) is 0 Å². The van der Waals surface area contributed by atoms with Gasteiger partial charge in [-0.1, -0.05) is 0 Å². The van der Waals surface area contributed by atoms with Crippen molar-refractivity contribution < 1.29 is 18.3 Å². The number of carboxylic acids is 1. The molecule has 0 aromatic heterocycles. The van der Waals surface area contributed by atoms with Crippen molar-refractivity contribution in [2.75, 3.05) is 18.8 Å². The highest BCUT2D eigenvalue weighted by Gasteiger charge is 2.29. The van der Waals surface area contributed by atoms with E-state index < -0.39 is 20.6 Å².